The van der Waals surface area contributed by atoms with E-state index in [1.54, 1.807) is 4.90 Å². The van der Waals surface area contributed by atoms with Crippen molar-refractivity contribution >= 4 is 23.4 Å². The number of hydrogen-bond donors (Lipinski definition) is 2. The molecule has 2 aromatic rings. The van der Waals surface area contributed by atoms with Gasteiger partial charge in [0, 0.05) is 36.1 Å². The van der Waals surface area contributed by atoms with Gasteiger partial charge in [0.05, 0.1) is 18.8 Å². The molecule has 0 bridgehead atoms. The highest BCUT2D eigenvalue weighted by Crippen LogP contribution is 2.45. The fourth-order valence-electron chi connectivity index (χ4n) is 4.06. The van der Waals surface area contributed by atoms with E-state index in [4.69, 9.17) is 0 Å². The highest BCUT2D eigenvalue weighted by molar-refractivity contribution is 7.99. The summed E-state index contributed by atoms with van der Waals surface area (Å²) in [6, 6.07) is 8.87. The van der Waals surface area contributed by atoms with E-state index in [0.717, 1.165) is 23.2 Å². The van der Waals surface area contributed by atoms with Crippen LogP contribution in [-0.2, 0) is 11.3 Å². The lowest BCUT2D eigenvalue weighted by Crippen LogP contribution is -3.08. The Hall–Kier alpha value is -1.86. The number of quaternary nitrogens is 1. The van der Waals surface area contributed by atoms with Gasteiger partial charge in [0.25, 0.3) is 0 Å². The van der Waals surface area contributed by atoms with Crippen molar-refractivity contribution in [2.24, 2.45) is 0 Å². The molecule has 2 aliphatic carbocycles. The third kappa shape index (κ3) is 4.25. The Balaban J connectivity index is 1.14. The maximum absolute atomic E-state index is 12.4. The second-order valence-electron chi connectivity index (χ2n) is 8.38. The molecule has 0 spiro atoms. The van der Waals surface area contributed by atoms with Crippen molar-refractivity contribution in [1.82, 2.24) is 14.8 Å². The molecule has 3 fully saturated rings. The van der Waals surface area contributed by atoms with Crippen LogP contribution in [0.3, 0.4) is 0 Å². The van der Waals surface area contributed by atoms with Gasteiger partial charge in [-0.15, -0.1) is 10.2 Å². The summed E-state index contributed by atoms with van der Waals surface area (Å²) in [7, 11) is 0. The largest absolute Gasteiger partial charge is 0.331 e. The molecule has 2 N–H and O–H groups in total. The second kappa shape index (κ2) is 7.87. The van der Waals surface area contributed by atoms with Gasteiger partial charge in [-0.25, -0.2) is 0 Å². The van der Waals surface area contributed by atoms with Crippen LogP contribution in [0, 0.1) is 0 Å². The number of nitrogens with one attached hydrogen (secondary N) is 2. The first-order chi connectivity index (χ1) is 13.8. The van der Waals surface area contributed by atoms with Crippen LogP contribution in [0.15, 0.2) is 29.4 Å². The van der Waals surface area contributed by atoms with Crippen LogP contribution >= 0.6 is 11.8 Å². The Bertz CT molecular complexity index is 835. The summed E-state index contributed by atoms with van der Waals surface area (Å²) in [4.78, 5) is 14.1. The third-order valence-corrected chi connectivity index (χ3v) is 6.82. The van der Waals surface area contributed by atoms with E-state index in [1.165, 1.54) is 68.9 Å². The van der Waals surface area contributed by atoms with E-state index in [-0.39, 0.29) is 5.91 Å². The average Bonchev–Trinajstić information content (AvgIpc) is 3.63. The quantitative estimate of drug-likeness (QED) is 0.670. The smallest absolute Gasteiger partial charge is 0.234 e. The first-order valence-corrected chi connectivity index (χ1v) is 11.5. The van der Waals surface area contributed by atoms with E-state index in [0.29, 0.717) is 17.7 Å². The molecule has 1 amide bonds. The zero-order valence-corrected chi connectivity index (χ0v) is 17.0. The topological polar surface area (TPSA) is 64.2 Å². The van der Waals surface area contributed by atoms with Gasteiger partial charge in [-0.3, -0.25) is 4.79 Å². The van der Waals surface area contributed by atoms with E-state index in [1.807, 2.05) is 12.1 Å². The second-order valence-corrected chi connectivity index (χ2v) is 9.33. The molecular weight excluding hydrogens is 370 g/mol. The number of benzene rings is 1. The molecule has 1 aromatic carbocycles. The van der Waals surface area contributed by atoms with E-state index < -0.39 is 0 Å². The van der Waals surface area contributed by atoms with Gasteiger partial charge >= 0.3 is 0 Å². The van der Waals surface area contributed by atoms with Gasteiger partial charge in [0.1, 0.15) is 12.4 Å². The van der Waals surface area contributed by atoms with Gasteiger partial charge in [-0.05, 0) is 37.8 Å². The Morgan fingerprint density at radius 2 is 1.86 bits per heavy atom. The first-order valence-electron chi connectivity index (χ1n) is 10.6. The summed E-state index contributed by atoms with van der Waals surface area (Å²) in [5.41, 5.74) is 2.21. The van der Waals surface area contributed by atoms with Crippen LogP contribution in [0.5, 0.6) is 0 Å². The molecule has 3 aliphatic rings. The molecular formula is C21H28N5OS+. The minimum absolute atomic E-state index is 0.0150. The Kier molecular flexibility index (Phi) is 5.11. The van der Waals surface area contributed by atoms with Crippen molar-refractivity contribution < 1.29 is 9.69 Å². The summed E-state index contributed by atoms with van der Waals surface area (Å²) in [6.07, 6.45) is 7.57. The van der Waals surface area contributed by atoms with Crippen molar-refractivity contribution in [1.29, 1.82) is 0 Å². The van der Waals surface area contributed by atoms with Crippen molar-refractivity contribution in [3.8, 4) is 0 Å². The molecule has 0 radical (unpaired) electrons. The summed E-state index contributed by atoms with van der Waals surface area (Å²) >= 11 is 1.51. The highest BCUT2D eigenvalue weighted by Gasteiger charge is 2.36. The molecule has 1 aliphatic heterocycles. The minimum Gasteiger partial charge on any atom is -0.331 e. The minimum atomic E-state index is 0.0150. The molecule has 148 valence electrons. The Morgan fingerprint density at radius 3 is 2.54 bits per heavy atom. The van der Waals surface area contributed by atoms with E-state index in [9.17, 15) is 4.79 Å². The van der Waals surface area contributed by atoms with Crippen LogP contribution in [-0.4, -0.2) is 39.5 Å². The van der Waals surface area contributed by atoms with E-state index >= 15 is 0 Å². The van der Waals surface area contributed by atoms with Gasteiger partial charge in [-0.2, -0.15) is 0 Å². The predicted molar refractivity (Wildman–Crippen MR) is 110 cm³/mol. The molecule has 0 atom stereocenters. The van der Waals surface area contributed by atoms with Crippen LogP contribution < -0.4 is 10.2 Å². The average molecular weight is 399 g/mol. The van der Waals surface area contributed by atoms with Gasteiger partial charge in [-0.1, -0.05) is 23.9 Å². The molecule has 2 saturated carbocycles. The Labute approximate surface area is 170 Å². The lowest BCUT2D eigenvalue weighted by atomic mass is 10.2. The molecule has 2 heterocycles. The molecule has 1 aromatic heterocycles. The monoisotopic (exact) mass is 398 g/mol. The van der Waals surface area contributed by atoms with Gasteiger partial charge in [0.2, 0.25) is 5.91 Å². The van der Waals surface area contributed by atoms with E-state index in [2.05, 4.69) is 32.2 Å². The SMILES string of the molecule is O=C(CSc1nnc(C2CC2)n1C1CC1)Nc1ccc(C[NH+]2CCCC2)cc1. The number of amides is 1. The lowest BCUT2D eigenvalue weighted by molar-refractivity contribution is -0.901. The van der Waals surface area contributed by atoms with Crippen molar-refractivity contribution in [2.75, 3.05) is 24.2 Å². The van der Waals surface area contributed by atoms with Crippen molar-refractivity contribution in [3.05, 3.63) is 35.7 Å². The molecule has 1 saturated heterocycles. The zero-order valence-electron chi connectivity index (χ0n) is 16.2. The number of aromatic nitrogens is 3. The number of hydrogen-bond acceptors (Lipinski definition) is 4. The highest BCUT2D eigenvalue weighted by atomic mass is 32.2. The standard InChI is InChI=1S/C21H27N5OS/c27-19(22-17-7-3-15(4-8-17)13-25-11-1-2-12-25)14-28-21-24-23-20(16-5-6-16)26(21)18-9-10-18/h3-4,7-8,16,18H,1-2,5-6,9-14H2,(H,22,27)/p+1. The first kappa shape index (κ1) is 18.2. The predicted octanol–water partition coefficient (Wildman–Crippen LogP) is 2.40. The summed E-state index contributed by atoms with van der Waals surface area (Å²) in [5.74, 6) is 2.12. The number of anilines is 1. The normalized spacial score (nSPS) is 19.9. The summed E-state index contributed by atoms with van der Waals surface area (Å²) in [6.45, 7) is 3.65. The van der Waals surface area contributed by atoms with Gasteiger partial charge in [0.15, 0.2) is 5.16 Å². The summed E-state index contributed by atoms with van der Waals surface area (Å²) in [5, 5.41) is 12.7. The molecule has 7 heteroatoms. The number of rotatable bonds is 8. The van der Waals surface area contributed by atoms with Crippen LogP contribution in [0.2, 0.25) is 0 Å². The van der Waals surface area contributed by atoms with Gasteiger partial charge < -0.3 is 14.8 Å². The molecule has 0 unspecified atom stereocenters. The number of carbonyl (C=O) groups excluding carboxylic acids is 1. The Morgan fingerprint density at radius 1 is 1.11 bits per heavy atom. The van der Waals surface area contributed by atoms with Crippen molar-refractivity contribution in [3.63, 3.8) is 0 Å². The fraction of sp³-hybridized carbons (Fsp3) is 0.571. The number of nitrogens with zero attached hydrogens (tertiary/aromatic N) is 3. The molecule has 5 rings (SSSR count). The number of thioether (sulfide) groups is 1. The zero-order chi connectivity index (χ0) is 18.9. The van der Waals surface area contributed by atoms with Crippen LogP contribution in [0.4, 0.5) is 5.69 Å². The lowest BCUT2D eigenvalue weighted by Gasteiger charge is -2.12. The van der Waals surface area contributed by atoms with Crippen LogP contribution in [0.1, 0.15) is 61.9 Å². The van der Waals surface area contributed by atoms with Crippen LogP contribution in [0.25, 0.3) is 0 Å². The maximum Gasteiger partial charge on any atom is 0.234 e. The van der Waals surface area contributed by atoms with Crippen molar-refractivity contribution in [2.45, 2.75) is 62.2 Å². The molecule has 6 nitrogen and oxygen atoms in total. The maximum atomic E-state index is 12.4. The fourth-order valence-corrected chi connectivity index (χ4v) is 4.87. The third-order valence-electron chi connectivity index (χ3n) is 5.88. The number of likely N-dealkylation sites (tertiary alicyclic amines) is 1. The molecule has 28 heavy (non-hydrogen) atoms. The number of carbonyl (C=O) groups is 1. The summed E-state index contributed by atoms with van der Waals surface area (Å²) < 4.78 is 2.30.